The van der Waals surface area contributed by atoms with E-state index in [1.165, 1.54) is 11.8 Å². The lowest BCUT2D eigenvalue weighted by Gasteiger charge is -2.26. The quantitative estimate of drug-likeness (QED) is 0.362. The summed E-state index contributed by atoms with van der Waals surface area (Å²) in [5.41, 5.74) is 3.81. The molecule has 0 saturated heterocycles. The van der Waals surface area contributed by atoms with Gasteiger partial charge in [-0.1, -0.05) is 29.5 Å². The number of aromatic nitrogens is 3. The van der Waals surface area contributed by atoms with Crippen LogP contribution in [0, 0.1) is 6.92 Å². The second-order valence-electron chi connectivity index (χ2n) is 7.93. The van der Waals surface area contributed by atoms with Crippen LogP contribution in [-0.4, -0.2) is 52.3 Å². The Hall–Kier alpha value is -3.79. The molecule has 0 saturated carbocycles. The molecule has 0 spiro atoms. The highest BCUT2D eigenvalue weighted by Crippen LogP contribution is 2.30. The number of hydrogen-bond acceptors (Lipinski definition) is 7. The molecule has 2 N–H and O–H groups in total. The molecule has 1 aliphatic rings. The van der Waals surface area contributed by atoms with E-state index in [2.05, 4.69) is 20.8 Å². The lowest BCUT2D eigenvalue weighted by atomic mass is 10.1. The van der Waals surface area contributed by atoms with Crippen LogP contribution in [0.1, 0.15) is 19.4 Å². The SMILES string of the molecule is CCOC(=O)C1=C(CSc2nnc(-c3ccc(OC)cc3)n2-c2ccc(C)cc2)NC(=O)NC1C. The van der Waals surface area contributed by atoms with Crippen LogP contribution in [0.2, 0.25) is 0 Å². The Bertz CT molecular complexity index is 1250. The highest BCUT2D eigenvalue weighted by Gasteiger charge is 2.30. The first-order chi connectivity index (χ1) is 16.9. The topological polar surface area (TPSA) is 107 Å². The summed E-state index contributed by atoms with van der Waals surface area (Å²) in [5.74, 6) is 1.26. The first-order valence-corrected chi connectivity index (χ1v) is 12.2. The van der Waals surface area contributed by atoms with Gasteiger partial charge >= 0.3 is 12.0 Å². The van der Waals surface area contributed by atoms with E-state index in [9.17, 15) is 9.59 Å². The molecule has 10 heteroatoms. The Balaban J connectivity index is 1.72. The van der Waals surface area contributed by atoms with Crippen molar-refractivity contribution in [2.24, 2.45) is 0 Å². The van der Waals surface area contributed by atoms with Gasteiger partial charge in [0.1, 0.15) is 5.75 Å². The van der Waals surface area contributed by atoms with E-state index in [0.29, 0.717) is 28.0 Å². The summed E-state index contributed by atoms with van der Waals surface area (Å²) in [6.45, 7) is 5.78. The first kappa shape index (κ1) is 24.3. The molecule has 3 aromatic rings. The normalized spacial score (nSPS) is 15.4. The molecule has 1 unspecified atom stereocenters. The molecule has 0 radical (unpaired) electrons. The maximum atomic E-state index is 12.6. The number of benzene rings is 2. The molecule has 2 heterocycles. The Morgan fingerprint density at radius 3 is 2.49 bits per heavy atom. The van der Waals surface area contributed by atoms with Crippen LogP contribution < -0.4 is 15.4 Å². The van der Waals surface area contributed by atoms with Crippen LogP contribution in [-0.2, 0) is 9.53 Å². The van der Waals surface area contributed by atoms with E-state index >= 15 is 0 Å². The number of aryl methyl sites for hydroxylation is 1. The van der Waals surface area contributed by atoms with E-state index in [1.54, 1.807) is 21.0 Å². The van der Waals surface area contributed by atoms with Gasteiger partial charge in [-0.2, -0.15) is 0 Å². The van der Waals surface area contributed by atoms with Crippen LogP contribution in [0.5, 0.6) is 5.75 Å². The Morgan fingerprint density at radius 2 is 1.83 bits per heavy atom. The Morgan fingerprint density at radius 1 is 1.11 bits per heavy atom. The van der Waals surface area contributed by atoms with Crippen molar-refractivity contribution in [3.05, 3.63) is 65.4 Å². The molecule has 35 heavy (non-hydrogen) atoms. The number of thioether (sulfide) groups is 1. The average molecular weight is 494 g/mol. The van der Waals surface area contributed by atoms with Crippen molar-refractivity contribution < 1.29 is 19.1 Å². The van der Waals surface area contributed by atoms with Crippen molar-refractivity contribution in [3.8, 4) is 22.8 Å². The van der Waals surface area contributed by atoms with Crippen molar-refractivity contribution in [1.82, 2.24) is 25.4 Å². The third-order valence-electron chi connectivity index (χ3n) is 5.48. The second-order valence-corrected chi connectivity index (χ2v) is 8.87. The van der Waals surface area contributed by atoms with Crippen LogP contribution in [0.15, 0.2) is 65.0 Å². The van der Waals surface area contributed by atoms with Gasteiger partial charge in [0.05, 0.1) is 25.3 Å². The van der Waals surface area contributed by atoms with Crippen molar-refractivity contribution >= 4 is 23.8 Å². The number of carbonyl (C=O) groups excluding carboxylic acids is 2. The lowest BCUT2D eigenvalue weighted by molar-refractivity contribution is -0.138. The molecule has 1 aromatic heterocycles. The Kier molecular flexibility index (Phi) is 7.40. The Labute approximate surface area is 207 Å². The van der Waals surface area contributed by atoms with E-state index in [0.717, 1.165) is 22.6 Å². The highest BCUT2D eigenvalue weighted by molar-refractivity contribution is 7.99. The molecule has 1 atom stereocenters. The molecule has 4 rings (SSSR count). The van der Waals surface area contributed by atoms with E-state index < -0.39 is 12.0 Å². The predicted molar refractivity (Wildman–Crippen MR) is 134 cm³/mol. The number of methoxy groups -OCH3 is 1. The lowest BCUT2D eigenvalue weighted by Crippen LogP contribution is -2.49. The summed E-state index contributed by atoms with van der Waals surface area (Å²) >= 11 is 1.38. The number of hydrogen-bond donors (Lipinski definition) is 2. The largest absolute Gasteiger partial charge is 0.497 e. The van der Waals surface area contributed by atoms with Crippen molar-refractivity contribution in [3.63, 3.8) is 0 Å². The molecule has 2 amide bonds. The number of nitrogens with zero attached hydrogens (tertiary/aromatic N) is 3. The van der Waals surface area contributed by atoms with Gasteiger partial charge in [0.25, 0.3) is 0 Å². The van der Waals surface area contributed by atoms with Crippen LogP contribution in [0.3, 0.4) is 0 Å². The van der Waals surface area contributed by atoms with Crippen LogP contribution in [0.4, 0.5) is 4.79 Å². The second kappa shape index (κ2) is 10.6. The summed E-state index contributed by atoms with van der Waals surface area (Å²) < 4.78 is 12.5. The number of carbonyl (C=O) groups is 2. The highest BCUT2D eigenvalue weighted by atomic mass is 32.2. The maximum absolute atomic E-state index is 12.6. The zero-order valence-corrected chi connectivity index (χ0v) is 20.8. The zero-order chi connectivity index (χ0) is 24.9. The summed E-state index contributed by atoms with van der Waals surface area (Å²) in [6, 6.07) is 14.8. The van der Waals surface area contributed by atoms with E-state index in [1.807, 2.05) is 60.0 Å². The summed E-state index contributed by atoms with van der Waals surface area (Å²) in [4.78, 5) is 24.7. The number of rotatable bonds is 8. The van der Waals surface area contributed by atoms with Gasteiger partial charge in [0, 0.05) is 22.7 Å². The van der Waals surface area contributed by atoms with Gasteiger partial charge in [0.15, 0.2) is 11.0 Å². The number of nitrogens with one attached hydrogen (secondary N) is 2. The fraction of sp³-hybridized carbons (Fsp3) is 0.280. The van der Waals surface area contributed by atoms with Crippen LogP contribution >= 0.6 is 11.8 Å². The minimum absolute atomic E-state index is 0.246. The predicted octanol–water partition coefficient (Wildman–Crippen LogP) is 3.86. The third kappa shape index (κ3) is 5.32. The van der Waals surface area contributed by atoms with Gasteiger partial charge < -0.3 is 20.1 Å². The molecule has 182 valence electrons. The summed E-state index contributed by atoms with van der Waals surface area (Å²) in [6.07, 6.45) is 0. The minimum Gasteiger partial charge on any atom is -0.497 e. The zero-order valence-electron chi connectivity index (χ0n) is 20.0. The van der Waals surface area contributed by atoms with Crippen molar-refractivity contribution in [2.75, 3.05) is 19.5 Å². The van der Waals surface area contributed by atoms with Crippen LogP contribution in [0.25, 0.3) is 17.1 Å². The number of urea groups is 1. The third-order valence-corrected chi connectivity index (χ3v) is 6.44. The first-order valence-electron chi connectivity index (χ1n) is 11.2. The van der Waals surface area contributed by atoms with Crippen molar-refractivity contribution in [2.45, 2.75) is 32.0 Å². The summed E-state index contributed by atoms with van der Waals surface area (Å²) in [7, 11) is 1.62. The molecule has 2 aromatic carbocycles. The van der Waals surface area contributed by atoms with Gasteiger partial charge in [-0.25, -0.2) is 9.59 Å². The van der Waals surface area contributed by atoms with Gasteiger partial charge in [-0.05, 0) is 57.2 Å². The number of ether oxygens (including phenoxy) is 2. The monoisotopic (exact) mass is 493 g/mol. The van der Waals surface area contributed by atoms with Crippen molar-refractivity contribution in [1.29, 1.82) is 0 Å². The molecule has 1 aliphatic heterocycles. The molecule has 9 nitrogen and oxygen atoms in total. The molecular weight excluding hydrogens is 466 g/mol. The summed E-state index contributed by atoms with van der Waals surface area (Å²) in [5, 5.41) is 15.0. The fourth-order valence-electron chi connectivity index (χ4n) is 3.75. The smallest absolute Gasteiger partial charge is 0.337 e. The fourth-order valence-corrected chi connectivity index (χ4v) is 4.67. The molecule has 0 fully saturated rings. The van der Waals surface area contributed by atoms with Gasteiger partial charge in [-0.15, -0.1) is 10.2 Å². The maximum Gasteiger partial charge on any atom is 0.337 e. The molecular formula is C25H27N5O4S. The van der Waals surface area contributed by atoms with Gasteiger partial charge in [-0.3, -0.25) is 4.57 Å². The van der Waals surface area contributed by atoms with Gasteiger partial charge in [0.2, 0.25) is 0 Å². The minimum atomic E-state index is -0.469. The number of esters is 1. The molecule has 0 bridgehead atoms. The number of amides is 2. The van der Waals surface area contributed by atoms with E-state index in [4.69, 9.17) is 9.47 Å². The van der Waals surface area contributed by atoms with E-state index in [-0.39, 0.29) is 12.6 Å². The standard InChI is InChI=1S/C25H27N5O4S/c1-5-34-23(31)21-16(3)26-24(32)27-20(21)14-35-25-29-28-22(17-8-12-19(33-4)13-9-17)30(25)18-10-6-15(2)7-11-18/h6-13,16H,5,14H2,1-4H3,(H2,26,27,32). The molecule has 0 aliphatic carbocycles. The average Bonchev–Trinajstić information content (AvgIpc) is 3.27.